The van der Waals surface area contributed by atoms with E-state index in [-0.39, 0.29) is 18.1 Å². The number of alkyl halides is 3. The SMILES string of the molecule is CS(=O)(=O)N1CCC(Cn2cc(C(F)(F)F)c3c(F)ncnc32)CC1. The monoisotopic (exact) mass is 380 g/mol. The summed E-state index contributed by atoms with van der Waals surface area (Å²) >= 11 is 0. The lowest BCUT2D eigenvalue weighted by atomic mass is 9.98. The van der Waals surface area contributed by atoms with E-state index in [1.54, 1.807) is 0 Å². The van der Waals surface area contributed by atoms with Crippen molar-refractivity contribution in [2.24, 2.45) is 5.92 Å². The predicted octanol–water partition coefficient (Wildman–Crippen LogP) is 2.26. The highest BCUT2D eigenvalue weighted by atomic mass is 32.2. The van der Waals surface area contributed by atoms with E-state index in [0.29, 0.717) is 25.9 Å². The van der Waals surface area contributed by atoms with Gasteiger partial charge in [0.15, 0.2) is 0 Å². The standard InChI is InChI=1S/C14H16F4N4O2S/c1-25(23,24)22-4-2-9(3-5-22)6-21-7-10(14(16,17)18)11-12(15)19-8-20-13(11)21/h7-9H,2-6H2,1H3. The largest absolute Gasteiger partial charge is 0.418 e. The molecule has 1 fully saturated rings. The second kappa shape index (κ2) is 6.20. The number of rotatable bonds is 3. The number of hydrogen-bond acceptors (Lipinski definition) is 4. The van der Waals surface area contributed by atoms with Gasteiger partial charge in [-0.15, -0.1) is 0 Å². The van der Waals surface area contributed by atoms with Crippen LogP contribution in [0.4, 0.5) is 17.6 Å². The van der Waals surface area contributed by atoms with Crippen LogP contribution in [-0.2, 0) is 22.7 Å². The Morgan fingerprint density at radius 1 is 1.24 bits per heavy atom. The molecule has 25 heavy (non-hydrogen) atoms. The summed E-state index contributed by atoms with van der Waals surface area (Å²) in [4.78, 5) is 7.02. The molecular formula is C14H16F4N4O2S. The zero-order chi connectivity index (χ0) is 18.4. The van der Waals surface area contributed by atoms with Gasteiger partial charge in [0.05, 0.1) is 17.2 Å². The minimum Gasteiger partial charge on any atom is -0.331 e. The van der Waals surface area contributed by atoms with Crippen LogP contribution in [0.15, 0.2) is 12.5 Å². The molecule has 1 aliphatic heterocycles. The van der Waals surface area contributed by atoms with E-state index in [0.717, 1.165) is 18.8 Å². The first-order valence-electron chi connectivity index (χ1n) is 7.59. The Kier molecular flexibility index (Phi) is 4.48. The molecule has 0 aromatic carbocycles. The van der Waals surface area contributed by atoms with Crippen molar-refractivity contribution < 1.29 is 26.0 Å². The quantitative estimate of drug-likeness (QED) is 0.605. The molecule has 6 nitrogen and oxygen atoms in total. The fourth-order valence-corrected chi connectivity index (χ4v) is 4.02. The van der Waals surface area contributed by atoms with Crippen LogP contribution in [0.1, 0.15) is 18.4 Å². The van der Waals surface area contributed by atoms with Gasteiger partial charge in [0.2, 0.25) is 16.0 Å². The van der Waals surface area contributed by atoms with E-state index in [1.165, 1.54) is 8.87 Å². The van der Waals surface area contributed by atoms with Crippen molar-refractivity contribution in [1.29, 1.82) is 0 Å². The lowest BCUT2D eigenvalue weighted by Gasteiger charge is -2.30. The van der Waals surface area contributed by atoms with E-state index in [1.807, 2.05) is 0 Å². The average Bonchev–Trinajstić information content (AvgIpc) is 2.87. The molecule has 0 radical (unpaired) electrons. The molecule has 3 rings (SSSR count). The van der Waals surface area contributed by atoms with Crippen LogP contribution >= 0.6 is 0 Å². The number of sulfonamides is 1. The molecule has 0 N–H and O–H groups in total. The van der Waals surface area contributed by atoms with Gasteiger partial charge < -0.3 is 4.57 Å². The first kappa shape index (κ1) is 18.1. The molecule has 11 heteroatoms. The minimum absolute atomic E-state index is 0.0206. The molecule has 0 bridgehead atoms. The summed E-state index contributed by atoms with van der Waals surface area (Å²) in [6.07, 6.45) is -0.813. The van der Waals surface area contributed by atoms with Gasteiger partial charge in [0, 0.05) is 25.8 Å². The molecule has 0 amide bonds. The molecule has 3 heterocycles. The van der Waals surface area contributed by atoms with Gasteiger partial charge in [-0.2, -0.15) is 17.6 Å². The van der Waals surface area contributed by atoms with E-state index in [4.69, 9.17) is 0 Å². The van der Waals surface area contributed by atoms with Crippen LogP contribution in [0, 0.1) is 11.9 Å². The lowest BCUT2D eigenvalue weighted by molar-refractivity contribution is -0.136. The molecule has 0 unspecified atom stereocenters. The van der Waals surface area contributed by atoms with Crippen molar-refractivity contribution in [2.45, 2.75) is 25.6 Å². The summed E-state index contributed by atoms with van der Waals surface area (Å²) in [7, 11) is -3.27. The smallest absolute Gasteiger partial charge is 0.331 e. The van der Waals surface area contributed by atoms with Crippen molar-refractivity contribution in [3.05, 3.63) is 24.0 Å². The number of aromatic nitrogens is 3. The maximum Gasteiger partial charge on any atom is 0.418 e. The van der Waals surface area contributed by atoms with Crippen LogP contribution in [0.2, 0.25) is 0 Å². The zero-order valence-corrected chi connectivity index (χ0v) is 14.1. The number of nitrogens with zero attached hydrogens (tertiary/aromatic N) is 4. The van der Waals surface area contributed by atoms with Crippen LogP contribution in [0.5, 0.6) is 0 Å². The van der Waals surface area contributed by atoms with Gasteiger partial charge >= 0.3 is 6.18 Å². The molecule has 2 aromatic heterocycles. The molecule has 0 aliphatic carbocycles. The topological polar surface area (TPSA) is 68.1 Å². The van der Waals surface area contributed by atoms with Gasteiger partial charge in [-0.25, -0.2) is 22.7 Å². The molecule has 1 saturated heterocycles. The molecule has 0 spiro atoms. The maximum atomic E-state index is 13.8. The highest BCUT2D eigenvalue weighted by molar-refractivity contribution is 7.88. The molecule has 2 aromatic rings. The molecule has 1 aliphatic rings. The summed E-state index contributed by atoms with van der Waals surface area (Å²) in [5.74, 6) is -1.23. The van der Waals surface area contributed by atoms with Gasteiger partial charge in [-0.05, 0) is 18.8 Å². The number of piperidine rings is 1. The highest BCUT2D eigenvalue weighted by Gasteiger charge is 2.37. The Hall–Kier alpha value is -1.75. The van der Waals surface area contributed by atoms with E-state index < -0.39 is 33.1 Å². The Labute approximate surface area is 141 Å². The van der Waals surface area contributed by atoms with Gasteiger partial charge in [0.1, 0.15) is 12.0 Å². The van der Waals surface area contributed by atoms with Crippen LogP contribution in [-0.4, -0.2) is 46.6 Å². The van der Waals surface area contributed by atoms with Gasteiger partial charge in [-0.1, -0.05) is 0 Å². The van der Waals surface area contributed by atoms with Crippen LogP contribution < -0.4 is 0 Å². The van der Waals surface area contributed by atoms with E-state index >= 15 is 0 Å². The Morgan fingerprint density at radius 3 is 2.44 bits per heavy atom. The van der Waals surface area contributed by atoms with Crippen molar-refractivity contribution >= 4 is 21.1 Å². The second-order valence-electron chi connectivity index (χ2n) is 6.16. The maximum absolute atomic E-state index is 13.8. The van der Waals surface area contributed by atoms with Crippen molar-refractivity contribution in [3.8, 4) is 0 Å². The first-order valence-corrected chi connectivity index (χ1v) is 9.44. The van der Waals surface area contributed by atoms with Crippen LogP contribution in [0.25, 0.3) is 11.0 Å². The van der Waals surface area contributed by atoms with E-state index in [2.05, 4.69) is 9.97 Å². The lowest BCUT2D eigenvalue weighted by Crippen LogP contribution is -2.38. The second-order valence-corrected chi connectivity index (χ2v) is 8.14. The molecule has 0 saturated carbocycles. The summed E-state index contributed by atoms with van der Waals surface area (Å²) in [6.45, 7) is 0.844. The van der Waals surface area contributed by atoms with Crippen molar-refractivity contribution in [2.75, 3.05) is 19.3 Å². The molecule has 0 atom stereocenters. The highest BCUT2D eigenvalue weighted by Crippen LogP contribution is 2.37. The third kappa shape index (κ3) is 3.61. The summed E-state index contributed by atoms with van der Waals surface area (Å²) < 4.78 is 79.0. The summed E-state index contributed by atoms with van der Waals surface area (Å²) in [6, 6.07) is 0. The van der Waals surface area contributed by atoms with Crippen LogP contribution in [0.3, 0.4) is 0 Å². The fraction of sp³-hybridized carbons (Fsp3) is 0.571. The fourth-order valence-electron chi connectivity index (χ4n) is 3.14. The van der Waals surface area contributed by atoms with E-state index in [9.17, 15) is 26.0 Å². The Balaban J connectivity index is 1.87. The normalized spacial score (nSPS) is 18.1. The van der Waals surface area contributed by atoms with Gasteiger partial charge in [0.25, 0.3) is 0 Å². The Bertz CT molecular complexity index is 886. The predicted molar refractivity (Wildman–Crippen MR) is 81.6 cm³/mol. The number of hydrogen-bond donors (Lipinski definition) is 0. The third-order valence-electron chi connectivity index (χ3n) is 4.41. The average molecular weight is 380 g/mol. The first-order chi connectivity index (χ1) is 11.6. The summed E-state index contributed by atoms with van der Waals surface area (Å²) in [5, 5.41) is -0.636. The van der Waals surface area contributed by atoms with Crippen molar-refractivity contribution in [3.63, 3.8) is 0 Å². The third-order valence-corrected chi connectivity index (χ3v) is 5.71. The molecular weight excluding hydrogens is 364 g/mol. The number of halogens is 4. The minimum atomic E-state index is -4.71. The number of fused-ring (bicyclic) bond motifs is 1. The Morgan fingerprint density at radius 2 is 1.88 bits per heavy atom. The summed E-state index contributed by atoms with van der Waals surface area (Å²) in [5.41, 5.74) is -1.21. The van der Waals surface area contributed by atoms with Gasteiger partial charge in [-0.3, -0.25) is 0 Å². The van der Waals surface area contributed by atoms with Crippen molar-refractivity contribution in [1.82, 2.24) is 18.8 Å². The zero-order valence-electron chi connectivity index (χ0n) is 13.3. The molecule has 138 valence electrons.